The summed E-state index contributed by atoms with van der Waals surface area (Å²) >= 11 is 0. The Morgan fingerprint density at radius 1 is 0.967 bits per heavy atom. The number of ketones is 1. The fourth-order valence-corrected chi connectivity index (χ4v) is 4.64. The van der Waals surface area contributed by atoms with Crippen molar-refractivity contribution in [3.05, 3.63) is 59.9 Å². The lowest BCUT2D eigenvalue weighted by molar-refractivity contribution is -0.116. The number of benzene rings is 2. The molecule has 0 aliphatic carbocycles. The average Bonchev–Trinajstić information content (AvgIpc) is 2.73. The third-order valence-electron chi connectivity index (χ3n) is 5.01. The minimum absolute atomic E-state index is 0.0338. The van der Waals surface area contributed by atoms with Gasteiger partial charge in [0.25, 0.3) is 0 Å². The first-order valence-electron chi connectivity index (χ1n) is 9.64. The second kappa shape index (κ2) is 9.46. The summed E-state index contributed by atoms with van der Waals surface area (Å²) in [5.41, 5.74) is 1.21. The zero-order valence-corrected chi connectivity index (χ0v) is 17.5. The van der Waals surface area contributed by atoms with Gasteiger partial charge in [-0.1, -0.05) is 0 Å². The molecular weight excluding hydrogens is 409 g/mol. The third-order valence-corrected chi connectivity index (χ3v) is 6.93. The van der Waals surface area contributed by atoms with Gasteiger partial charge in [-0.15, -0.1) is 0 Å². The summed E-state index contributed by atoms with van der Waals surface area (Å²) in [6.45, 7) is 3.66. The molecule has 30 heavy (non-hydrogen) atoms. The monoisotopic (exact) mass is 433 g/mol. The summed E-state index contributed by atoms with van der Waals surface area (Å²) in [6.07, 6.45) is 0.277. The number of nitrogens with zero attached hydrogens (tertiary/aromatic N) is 2. The second-order valence-electron chi connectivity index (χ2n) is 7.13. The standard InChI is InChI=1S/C21H24FN3O4S/c1-16(26)17-2-6-19(7-3-17)23-21(27)10-11-24-12-14-25(15-13-24)30(28,29)20-8-4-18(22)5-9-20/h2-9H,10-15H2,1H3,(H,23,27). The first kappa shape index (κ1) is 22.1. The number of piperazine rings is 1. The molecule has 1 N–H and O–H groups in total. The van der Waals surface area contributed by atoms with Crippen molar-refractivity contribution < 1.29 is 22.4 Å². The van der Waals surface area contributed by atoms with Gasteiger partial charge in [0.15, 0.2) is 5.78 Å². The van der Waals surface area contributed by atoms with E-state index in [9.17, 15) is 22.4 Å². The SMILES string of the molecule is CC(=O)c1ccc(NC(=O)CCN2CCN(S(=O)(=O)c3ccc(F)cc3)CC2)cc1. The number of carbonyl (C=O) groups excluding carboxylic acids is 2. The molecule has 0 bridgehead atoms. The van der Waals surface area contributed by atoms with E-state index in [1.165, 1.54) is 23.4 Å². The summed E-state index contributed by atoms with van der Waals surface area (Å²) in [5, 5.41) is 2.79. The topological polar surface area (TPSA) is 86.8 Å². The van der Waals surface area contributed by atoms with Crippen molar-refractivity contribution in [1.82, 2.24) is 9.21 Å². The van der Waals surface area contributed by atoms with E-state index in [-0.39, 0.29) is 23.0 Å². The predicted molar refractivity (Wildman–Crippen MR) is 111 cm³/mol. The van der Waals surface area contributed by atoms with E-state index < -0.39 is 15.8 Å². The molecule has 0 aromatic heterocycles. The zero-order chi connectivity index (χ0) is 21.7. The summed E-state index contributed by atoms with van der Waals surface area (Å²) < 4.78 is 39.7. The Morgan fingerprint density at radius 2 is 1.57 bits per heavy atom. The lowest BCUT2D eigenvalue weighted by Crippen LogP contribution is -2.49. The molecule has 0 saturated carbocycles. The lowest BCUT2D eigenvalue weighted by atomic mass is 10.1. The number of amides is 1. The molecule has 160 valence electrons. The van der Waals surface area contributed by atoms with Crippen LogP contribution in [0.5, 0.6) is 0 Å². The smallest absolute Gasteiger partial charge is 0.243 e. The van der Waals surface area contributed by atoms with Gasteiger partial charge in [0.05, 0.1) is 4.90 Å². The number of anilines is 1. The molecule has 0 spiro atoms. The van der Waals surface area contributed by atoms with Gasteiger partial charge in [-0.25, -0.2) is 12.8 Å². The van der Waals surface area contributed by atoms with Gasteiger partial charge in [0.2, 0.25) is 15.9 Å². The minimum atomic E-state index is -3.65. The van der Waals surface area contributed by atoms with Gasteiger partial charge >= 0.3 is 0 Å². The van der Waals surface area contributed by atoms with Crippen LogP contribution in [0.3, 0.4) is 0 Å². The summed E-state index contributed by atoms with van der Waals surface area (Å²) in [7, 11) is -3.65. The third kappa shape index (κ3) is 5.50. The number of Topliss-reactive ketones (excluding diaryl/α,β-unsaturated/α-hetero) is 1. The zero-order valence-electron chi connectivity index (χ0n) is 16.7. The average molecular weight is 434 g/mol. The fraction of sp³-hybridized carbons (Fsp3) is 0.333. The molecule has 2 aromatic carbocycles. The van der Waals surface area contributed by atoms with E-state index >= 15 is 0 Å². The number of rotatable bonds is 7. The van der Waals surface area contributed by atoms with E-state index in [1.807, 2.05) is 4.90 Å². The van der Waals surface area contributed by atoms with Crippen LogP contribution in [0, 0.1) is 5.82 Å². The first-order valence-corrected chi connectivity index (χ1v) is 11.1. The van der Waals surface area contributed by atoms with Gasteiger partial charge in [-0.3, -0.25) is 9.59 Å². The number of hydrogen-bond donors (Lipinski definition) is 1. The number of carbonyl (C=O) groups is 2. The molecule has 1 saturated heterocycles. The van der Waals surface area contributed by atoms with E-state index in [4.69, 9.17) is 0 Å². The molecule has 1 aliphatic heterocycles. The largest absolute Gasteiger partial charge is 0.326 e. The molecule has 1 heterocycles. The van der Waals surface area contributed by atoms with Crippen LogP contribution in [-0.2, 0) is 14.8 Å². The van der Waals surface area contributed by atoms with Crippen molar-refractivity contribution in [3.8, 4) is 0 Å². The van der Waals surface area contributed by atoms with Gasteiger partial charge in [0.1, 0.15) is 5.82 Å². The van der Waals surface area contributed by atoms with Gasteiger partial charge in [0, 0.05) is 50.4 Å². The number of halogens is 1. The van der Waals surface area contributed by atoms with Crippen LogP contribution in [0.2, 0.25) is 0 Å². The molecule has 3 rings (SSSR count). The highest BCUT2D eigenvalue weighted by molar-refractivity contribution is 7.89. The molecule has 2 aromatic rings. The molecule has 0 unspecified atom stereocenters. The number of nitrogens with one attached hydrogen (secondary N) is 1. The van der Waals surface area contributed by atoms with Crippen molar-refractivity contribution >= 4 is 27.4 Å². The first-order chi connectivity index (χ1) is 14.3. The predicted octanol–water partition coefficient (Wildman–Crippen LogP) is 2.36. The molecule has 0 atom stereocenters. The lowest BCUT2D eigenvalue weighted by Gasteiger charge is -2.33. The quantitative estimate of drug-likeness (QED) is 0.678. The van der Waals surface area contributed by atoms with Crippen LogP contribution in [0.4, 0.5) is 10.1 Å². The summed E-state index contributed by atoms with van der Waals surface area (Å²) in [4.78, 5) is 25.6. The van der Waals surface area contributed by atoms with Crippen molar-refractivity contribution in [3.63, 3.8) is 0 Å². The van der Waals surface area contributed by atoms with Crippen LogP contribution in [0.1, 0.15) is 23.7 Å². The van der Waals surface area contributed by atoms with E-state index in [0.717, 1.165) is 12.1 Å². The summed E-state index contributed by atoms with van der Waals surface area (Å²) in [6, 6.07) is 11.5. The van der Waals surface area contributed by atoms with Crippen molar-refractivity contribution in [2.75, 3.05) is 38.0 Å². The number of hydrogen-bond acceptors (Lipinski definition) is 5. The van der Waals surface area contributed by atoms with Crippen LogP contribution < -0.4 is 5.32 Å². The molecule has 0 radical (unpaired) electrons. The minimum Gasteiger partial charge on any atom is -0.326 e. The Balaban J connectivity index is 1.46. The van der Waals surface area contributed by atoms with Crippen LogP contribution >= 0.6 is 0 Å². The summed E-state index contributed by atoms with van der Waals surface area (Å²) in [5.74, 6) is -0.660. The van der Waals surface area contributed by atoms with Crippen molar-refractivity contribution in [2.45, 2.75) is 18.2 Å². The maximum Gasteiger partial charge on any atom is 0.243 e. The van der Waals surface area contributed by atoms with E-state index in [1.54, 1.807) is 24.3 Å². The Labute approximate surface area is 175 Å². The number of sulfonamides is 1. The molecule has 9 heteroatoms. The highest BCUT2D eigenvalue weighted by atomic mass is 32.2. The molecule has 1 amide bonds. The van der Waals surface area contributed by atoms with Crippen molar-refractivity contribution in [1.29, 1.82) is 0 Å². The van der Waals surface area contributed by atoms with E-state index in [0.29, 0.717) is 44.0 Å². The Bertz CT molecular complexity index is 1000. The Kier molecular flexibility index (Phi) is 6.96. The van der Waals surface area contributed by atoms with Gasteiger partial charge in [-0.2, -0.15) is 4.31 Å². The molecular formula is C21H24FN3O4S. The Hall–Kier alpha value is -2.62. The van der Waals surface area contributed by atoms with Crippen LogP contribution in [0.25, 0.3) is 0 Å². The maximum absolute atomic E-state index is 13.0. The maximum atomic E-state index is 13.0. The molecule has 1 aliphatic rings. The fourth-order valence-electron chi connectivity index (χ4n) is 3.22. The molecule has 7 nitrogen and oxygen atoms in total. The van der Waals surface area contributed by atoms with Crippen LogP contribution in [0.15, 0.2) is 53.4 Å². The Morgan fingerprint density at radius 3 is 2.13 bits per heavy atom. The van der Waals surface area contributed by atoms with Crippen LogP contribution in [-0.4, -0.2) is 62.0 Å². The van der Waals surface area contributed by atoms with E-state index in [2.05, 4.69) is 5.32 Å². The second-order valence-corrected chi connectivity index (χ2v) is 9.07. The highest BCUT2D eigenvalue weighted by Gasteiger charge is 2.28. The van der Waals surface area contributed by atoms with Gasteiger partial charge in [-0.05, 0) is 55.5 Å². The molecule has 1 fully saturated rings. The van der Waals surface area contributed by atoms with Gasteiger partial charge < -0.3 is 10.2 Å². The van der Waals surface area contributed by atoms with Crippen molar-refractivity contribution in [2.24, 2.45) is 0 Å². The highest BCUT2D eigenvalue weighted by Crippen LogP contribution is 2.18. The normalized spacial score (nSPS) is 15.7.